The second-order valence-electron chi connectivity index (χ2n) is 3.49. The van der Waals surface area contributed by atoms with Crippen molar-refractivity contribution in [1.82, 2.24) is 0 Å². The van der Waals surface area contributed by atoms with Gasteiger partial charge < -0.3 is 4.74 Å². The highest BCUT2D eigenvalue weighted by atomic mass is 35.5. The number of hydrogen-bond acceptors (Lipinski definition) is 2. The van der Waals surface area contributed by atoms with Crippen LogP contribution in [-0.2, 0) is 4.79 Å². The fourth-order valence-electron chi connectivity index (χ4n) is 1.01. The Kier molecular flexibility index (Phi) is 4.23. The smallest absolute Gasteiger partial charge is 0.422 e. The molecule has 0 fully saturated rings. The van der Waals surface area contributed by atoms with E-state index in [4.69, 9.17) is 11.6 Å². The van der Waals surface area contributed by atoms with Crippen LogP contribution in [-0.4, -0.2) is 24.0 Å². The van der Waals surface area contributed by atoms with Gasteiger partial charge in [-0.2, -0.15) is 30.7 Å². The lowest BCUT2D eigenvalue weighted by Gasteiger charge is -2.26. The SMILES string of the molecule is O=C(Oc1cccc(Cl)c1)C(F)(F)C(F)(F)C(F)(F)F. The van der Waals surface area contributed by atoms with Gasteiger partial charge in [0.25, 0.3) is 0 Å². The Morgan fingerprint density at radius 2 is 1.60 bits per heavy atom. The van der Waals surface area contributed by atoms with E-state index in [0.717, 1.165) is 18.2 Å². The highest BCUT2D eigenvalue weighted by Crippen LogP contribution is 2.47. The van der Waals surface area contributed by atoms with E-state index in [9.17, 15) is 35.5 Å². The molecule has 0 bridgehead atoms. The Hall–Kier alpha value is -1.51. The van der Waals surface area contributed by atoms with Crippen molar-refractivity contribution >= 4 is 17.6 Å². The van der Waals surface area contributed by atoms with Gasteiger partial charge >= 0.3 is 24.0 Å². The van der Waals surface area contributed by atoms with Crippen LogP contribution in [0.2, 0.25) is 5.02 Å². The summed E-state index contributed by atoms with van der Waals surface area (Å²) in [6.45, 7) is 0. The minimum Gasteiger partial charge on any atom is -0.422 e. The summed E-state index contributed by atoms with van der Waals surface area (Å²) in [6, 6.07) is 4.03. The third-order valence-electron chi connectivity index (χ3n) is 2.01. The van der Waals surface area contributed by atoms with Crippen molar-refractivity contribution in [3.63, 3.8) is 0 Å². The molecule has 0 saturated heterocycles. The van der Waals surface area contributed by atoms with Crippen molar-refractivity contribution in [3.05, 3.63) is 29.3 Å². The normalized spacial score (nSPS) is 13.2. The first-order chi connectivity index (χ1) is 8.89. The van der Waals surface area contributed by atoms with Crippen LogP contribution in [0.5, 0.6) is 5.75 Å². The van der Waals surface area contributed by atoms with Crippen molar-refractivity contribution in [2.45, 2.75) is 18.0 Å². The third kappa shape index (κ3) is 2.97. The molecule has 1 rings (SSSR count). The molecule has 0 unspecified atom stereocenters. The van der Waals surface area contributed by atoms with E-state index in [0.29, 0.717) is 0 Å². The molecular formula is C10H4ClF7O2. The van der Waals surface area contributed by atoms with Gasteiger partial charge in [0.1, 0.15) is 5.75 Å². The van der Waals surface area contributed by atoms with E-state index in [1.807, 2.05) is 0 Å². The molecule has 0 atom stereocenters. The van der Waals surface area contributed by atoms with Crippen molar-refractivity contribution in [2.75, 3.05) is 0 Å². The van der Waals surface area contributed by atoms with Gasteiger partial charge in [0, 0.05) is 5.02 Å². The van der Waals surface area contributed by atoms with Crippen molar-refractivity contribution in [1.29, 1.82) is 0 Å². The maximum Gasteiger partial charge on any atom is 0.460 e. The van der Waals surface area contributed by atoms with Crippen molar-refractivity contribution < 1.29 is 40.3 Å². The van der Waals surface area contributed by atoms with Gasteiger partial charge in [-0.15, -0.1) is 0 Å². The lowest BCUT2D eigenvalue weighted by atomic mass is 10.1. The first-order valence-electron chi connectivity index (χ1n) is 4.70. The van der Waals surface area contributed by atoms with Crippen LogP contribution in [0.25, 0.3) is 0 Å². The number of esters is 1. The molecule has 0 aliphatic carbocycles. The zero-order chi connectivity index (χ0) is 15.8. The third-order valence-corrected chi connectivity index (χ3v) is 2.25. The Labute approximate surface area is 112 Å². The molecule has 0 aliphatic heterocycles. The van der Waals surface area contributed by atoms with Crippen LogP contribution in [0.1, 0.15) is 0 Å². The number of carbonyl (C=O) groups excluding carboxylic acids is 1. The maximum atomic E-state index is 12.9. The van der Waals surface area contributed by atoms with Gasteiger partial charge in [0.15, 0.2) is 0 Å². The molecule has 0 aliphatic rings. The molecule has 0 aromatic heterocycles. The average molecular weight is 325 g/mol. The first kappa shape index (κ1) is 16.5. The van der Waals surface area contributed by atoms with E-state index in [1.54, 1.807) is 0 Å². The van der Waals surface area contributed by atoms with E-state index in [2.05, 4.69) is 4.74 Å². The van der Waals surface area contributed by atoms with Crippen LogP contribution < -0.4 is 4.74 Å². The Morgan fingerprint density at radius 3 is 2.05 bits per heavy atom. The lowest BCUT2D eigenvalue weighted by molar-refractivity contribution is -0.346. The molecule has 0 amide bonds. The van der Waals surface area contributed by atoms with Gasteiger partial charge in [-0.05, 0) is 18.2 Å². The van der Waals surface area contributed by atoms with E-state index < -0.39 is 29.7 Å². The van der Waals surface area contributed by atoms with Gasteiger partial charge in [-0.3, -0.25) is 0 Å². The lowest BCUT2D eigenvalue weighted by Crippen LogP contribution is -2.57. The number of benzene rings is 1. The molecule has 0 spiro atoms. The summed E-state index contributed by atoms with van der Waals surface area (Å²) in [5.41, 5.74) is 0. The van der Waals surface area contributed by atoms with Crippen LogP contribution in [0.4, 0.5) is 30.7 Å². The van der Waals surface area contributed by atoms with Gasteiger partial charge in [-0.1, -0.05) is 17.7 Å². The summed E-state index contributed by atoms with van der Waals surface area (Å²) < 4.78 is 90.2. The molecule has 1 aromatic rings. The monoisotopic (exact) mass is 324 g/mol. The Balaban J connectivity index is 3.01. The topological polar surface area (TPSA) is 26.3 Å². The molecule has 0 radical (unpaired) electrons. The van der Waals surface area contributed by atoms with Crippen molar-refractivity contribution in [2.24, 2.45) is 0 Å². The number of rotatable bonds is 3. The molecule has 0 saturated carbocycles. The Bertz CT molecular complexity index is 513. The summed E-state index contributed by atoms with van der Waals surface area (Å²) in [5.74, 6) is -16.4. The molecule has 10 heteroatoms. The fraction of sp³-hybridized carbons (Fsp3) is 0.300. The van der Waals surface area contributed by atoms with Gasteiger partial charge in [0.05, 0.1) is 0 Å². The molecule has 1 aromatic carbocycles. The summed E-state index contributed by atoms with van der Waals surface area (Å²) in [7, 11) is 0. The predicted molar refractivity (Wildman–Crippen MR) is 53.0 cm³/mol. The predicted octanol–water partition coefficient (Wildman–Crippen LogP) is 4.08. The number of hydrogen-bond donors (Lipinski definition) is 0. The first-order valence-corrected chi connectivity index (χ1v) is 5.07. The molecular weight excluding hydrogens is 321 g/mol. The number of carbonyl (C=O) groups is 1. The summed E-state index contributed by atoms with van der Waals surface area (Å²) in [5, 5.41) is -0.0961. The summed E-state index contributed by atoms with van der Waals surface area (Å²) in [4.78, 5) is 10.8. The molecule has 20 heavy (non-hydrogen) atoms. The Morgan fingerprint density at radius 1 is 1.05 bits per heavy atom. The average Bonchev–Trinajstić information content (AvgIpc) is 2.27. The zero-order valence-corrected chi connectivity index (χ0v) is 9.91. The summed E-state index contributed by atoms with van der Waals surface area (Å²) in [6.07, 6.45) is -6.61. The second kappa shape index (κ2) is 5.12. The molecule has 112 valence electrons. The quantitative estimate of drug-likeness (QED) is 0.476. The van der Waals surface area contributed by atoms with Gasteiger partial charge in [-0.25, -0.2) is 4.79 Å². The maximum absolute atomic E-state index is 12.9. The van der Waals surface area contributed by atoms with E-state index >= 15 is 0 Å². The fourth-order valence-corrected chi connectivity index (χ4v) is 1.19. The van der Waals surface area contributed by atoms with E-state index in [1.165, 1.54) is 6.07 Å². The van der Waals surface area contributed by atoms with Crippen LogP contribution in [0, 0.1) is 0 Å². The number of halogens is 8. The summed E-state index contributed by atoms with van der Waals surface area (Å²) >= 11 is 5.40. The number of ether oxygens (including phenoxy) is 1. The van der Waals surface area contributed by atoms with Gasteiger partial charge in [0.2, 0.25) is 0 Å². The van der Waals surface area contributed by atoms with Crippen LogP contribution in [0.3, 0.4) is 0 Å². The number of alkyl halides is 7. The molecule has 0 N–H and O–H groups in total. The minimum atomic E-state index is -6.61. The highest BCUT2D eigenvalue weighted by Gasteiger charge is 2.77. The highest BCUT2D eigenvalue weighted by molar-refractivity contribution is 6.30. The largest absolute Gasteiger partial charge is 0.460 e. The molecule has 0 heterocycles. The second-order valence-corrected chi connectivity index (χ2v) is 3.93. The van der Waals surface area contributed by atoms with E-state index in [-0.39, 0.29) is 5.02 Å². The molecule has 2 nitrogen and oxygen atoms in total. The zero-order valence-electron chi connectivity index (χ0n) is 9.15. The minimum absolute atomic E-state index is 0.0961. The van der Waals surface area contributed by atoms with Crippen LogP contribution >= 0.6 is 11.6 Å². The van der Waals surface area contributed by atoms with Crippen LogP contribution in [0.15, 0.2) is 24.3 Å². The standard InChI is InChI=1S/C10H4ClF7O2/c11-5-2-1-3-6(4-5)20-7(19)8(12,13)9(14,15)10(16,17)18/h1-4H. The van der Waals surface area contributed by atoms with Crippen molar-refractivity contribution in [3.8, 4) is 5.75 Å².